The van der Waals surface area contributed by atoms with Gasteiger partial charge in [-0.3, -0.25) is 10.1 Å². The van der Waals surface area contributed by atoms with Crippen LogP contribution < -0.4 is 14.8 Å². The number of carbonyl (C=O) groups excluding carboxylic acids is 1. The Kier molecular flexibility index (Phi) is 6.27. The second-order valence-electron chi connectivity index (χ2n) is 7.67. The largest absolute Gasteiger partial charge is 0.496 e. The van der Waals surface area contributed by atoms with Crippen LogP contribution in [0.3, 0.4) is 0 Å². The Morgan fingerprint density at radius 3 is 2.43 bits per heavy atom. The Labute approximate surface area is 166 Å². The number of anilines is 1. The first-order chi connectivity index (χ1) is 13.5. The molecule has 1 N–H and O–H groups in total. The Bertz CT molecular complexity index is 788. The number of rotatable bonds is 7. The summed E-state index contributed by atoms with van der Waals surface area (Å²) in [7, 11) is 3.05. The normalized spacial score (nSPS) is 17.0. The summed E-state index contributed by atoms with van der Waals surface area (Å²) in [6, 6.07) is 7.08. The predicted octanol–water partition coefficient (Wildman–Crippen LogP) is 5.19. The van der Waals surface area contributed by atoms with Crippen molar-refractivity contribution in [2.45, 2.75) is 57.8 Å². The van der Waals surface area contributed by atoms with Gasteiger partial charge in [0, 0.05) is 11.5 Å². The lowest BCUT2D eigenvalue weighted by molar-refractivity contribution is 0.101. The van der Waals surface area contributed by atoms with Crippen LogP contribution in [0.1, 0.15) is 68.4 Å². The number of ether oxygens (including phenoxy) is 2. The van der Waals surface area contributed by atoms with E-state index in [2.05, 4.69) is 24.3 Å². The van der Waals surface area contributed by atoms with Gasteiger partial charge in [0.1, 0.15) is 17.1 Å². The standard InChI is InChI=1S/C22H30N2O4/c1-5-22(2,15-10-7-6-8-11-15)18-14-19(28-24-18)23-21(25)20-16(26-3)12-9-13-17(20)27-4/h9,12-15H,5-8,10-11H2,1-4H3,(H,23,25). The van der Waals surface area contributed by atoms with Crippen LogP contribution in [-0.2, 0) is 5.41 Å². The smallest absolute Gasteiger partial charge is 0.265 e. The zero-order valence-corrected chi connectivity index (χ0v) is 17.2. The van der Waals surface area contributed by atoms with Gasteiger partial charge in [-0.1, -0.05) is 44.3 Å². The van der Waals surface area contributed by atoms with Gasteiger partial charge in [-0.15, -0.1) is 0 Å². The second kappa shape index (κ2) is 8.67. The van der Waals surface area contributed by atoms with E-state index in [9.17, 15) is 4.79 Å². The predicted molar refractivity (Wildman–Crippen MR) is 108 cm³/mol. The summed E-state index contributed by atoms with van der Waals surface area (Å²) >= 11 is 0. The molecule has 0 aliphatic heterocycles. The van der Waals surface area contributed by atoms with Crippen molar-refractivity contribution in [2.75, 3.05) is 19.5 Å². The molecule has 28 heavy (non-hydrogen) atoms. The number of carbonyl (C=O) groups is 1. The summed E-state index contributed by atoms with van der Waals surface area (Å²) in [6.45, 7) is 4.46. The van der Waals surface area contributed by atoms with Gasteiger partial charge in [-0.25, -0.2) is 0 Å². The van der Waals surface area contributed by atoms with Gasteiger partial charge in [-0.05, 0) is 37.3 Å². The highest BCUT2D eigenvalue weighted by molar-refractivity contribution is 6.07. The molecule has 6 nitrogen and oxygen atoms in total. The first-order valence-corrected chi connectivity index (χ1v) is 10.0. The van der Waals surface area contributed by atoms with E-state index in [4.69, 9.17) is 14.0 Å². The van der Waals surface area contributed by atoms with Crippen LogP contribution in [0, 0.1) is 5.92 Å². The summed E-state index contributed by atoms with van der Waals surface area (Å²) < 4.78 is 16.1. The lowest BCUT2D eigenvalue weighted by Crippen LogP contribution is -2.33. The number of hydrogen-bond acceptors (Lipinski definition) is 5. The van der Waals surface area contributed by atoms with E-state index in [1.807, 2.05) is 6.07 Å². The Morgan fingerprint density at radius 1 is 1.21 bits per heavy atom. The molecule has 1 fully saturated rings. The van der Waals surface area contributed by atoms with Crippen molar-refractivity contribution in [3.05, 3.63) is 35.5 Å². The molecule has 2 aromatic rings. The van der Waals surface area contributed by atoms with Crippen molar-refractivity contribution in [3.63, 3.8) is 0 Å². The highest BCUT2D eigenvalue weighted by Gasteiger charge is 2.37. The highest BCUT2D eigenvalue weighted by atomic mass is 16.5. The Morgan fingerprint density at radius 2 is 1.86 bits per heavy atom. The minimum Gasteiger partial charge on any atom is -0.496 e. The molecular formula is C22H30N2O4. The number of nitrogens with one attached hydrogen (secondary N) is 1. The lowest BCUT2D eigenvalue weighted by Gasteiger charge is -2.37. The molecule has 152 valence electrons. The van der Waals surface area contributed by atoms with Crippen molar-refractivity contribution in [1.82, 2.24) is 5.16 Å². The van der Waals surface area contributed by atoms with E-state index < -0.39 is 0 Å². The number of hydrogen-bond donors (Lipinski definition) is 1. The van der Waals surface area contributed by atoms with Crippen LogP contribution in [0.2, 0.25) is 0 Å². The molecule has 1 atom stereocenters. The molecule has 1 saturated carbocycles. The van der Waals surface area contributed by atoms with Gasteiger partial charge < -0.3 is 14.0 Å². The fourth-order valence-corrected chi connectivity index (χ4v) is 4.27. The molecular weight excluding hydrogens is 356 g/mol. The summed E-state index contributed by atoms with van der Waals surface area (Å²) in [4.78, 5) is 12.8. The lowest BCUT2D eigenvalue weighted by atomic mass is 9.66. The maximum Gasteiger partial charge on any atom is 0.265 e. The van der Waals surface area contributed by atoms with Crippen molar-refractivity contribution in [3.8, 4) is 11.5 Å². The van der Waals surface area contributed by atoms with Crippen molar-refractivity contribution >= 4 is 11.8 Å². The SMILES string of the molecule is CCC(C)(c1cc(NC(=O)c2c(OC)cccc2OC)on1)C1CCCCC1. The van der Waals surface area contributed by atoms with Gasteiger partial charge in [0.25, 0.3) is 5.91 Å². The van der Waals surface area contributed by atoms with Crippen LogP contribution >= 0.6 is 0 Å². The second-order valence-corrected chi connectivity index (χ2v) is 7.67. The third-order valence-corrected chi connectivity index (χ3v) is 6.23. The van der Waals surface area contributed by atoms with Gasteiger partial charge in [0.2, 0.25) is 5.88 Å². The highest BCUT2D eigenvalue weighted by Crippen LogP contribution is 2.43. The average molecular weight is 386 g/mol. The average Bonchev–Trinajstić information content (AvgIpc) is 3.21. The third kappa shape index (κ3) is 3.86. The summed E-state index contributed by atoms with van der Waals surface area (Å²) in [5, 5.41) is 7.11. The molecule has 6 heteroatoms. The molecule has 1 amide bonds. The van der Waals surface area contributed by atoms with Crippen molar-refractivity contribution in [2.24, 2.45) is 5.92 Å². The first kappa shape index (κ1) is 20.2. The van der Waals surface area contributed by atoms with Gasteiger partial charge >= 0.3 is 0 Å². The molecule has 0 spiro atoms. The minimum atomic E-state index is -0.354. The van der Waals surface area contributed by atoms with E-state index in [1.165, 1.54) is 46.3 Å². The first-order valence-electron chi connectivity index (χ1n) is 10.0. The molecule has 1 unspecified atom stereocenters. The number of amides is 1. The zero-order chi connectivity index (χ0) is 20.1. The van der Waals surface area contributed by atoms with E-state index in [1.54, 1.807) is 18.2 Å². The van der Waals surface area contributed by atoms with E-state index in [-0.39, 0.29) is 11.3 Å². The minimum absolute atomic E-state index is 0.0466. The molecule has 3 rings (SSSR count). The fourth-order valence-electron chi connectivity index (χ4n) is 4.27. The molecule has 1 heterocycles. The quantitative estimate of drug-likeness (QED) is 0.709. The monoisotopic (exact) mass is 386 g/mol. The van der Waals surface area contributed by atoms with Crippen LogP contribution in [-0.4, -0.2) is 25.3 Å². The Balaban J connectivity index is 1.82. The van der Waals surface area contributed by atoms with Crippen molar-refractivity contribution < 1.29 is 18.8 Å². The van der Waals surface area contributed by atoms with E-state index in [0.717, 1.165) is 12.1 Å². The van der Waals surface area contributed by atoms with Gasteiger partial charge in [0.05, 0.1) is 19.9 Å². The van der Waals surface area contributed by atoms with Gasteiger partial charge in [-0.2, -0.15) is 0 Å². The van der Waals surface area contributed by atoms with Crippen molar-refractivity contribution in [1.29, 1.82) is 0 Å². The third-order valence-electron chi connectivity index (χ3n) is 6.23. The number of aromatic nitrogens is 1. The van der Waals surface area contributed by atoms with Crippen LogP contribution in [0.15, 0.2) is 28.8 Å². The summed E-state index contributed by atoms with van der Waals surface area (Å²) in [5.41, 5.74) is 1.19. The van der Waals surface area contributed by atoms with Gasteiger partial charge in [0.15, 0.2) is 0 Å². The number of benzene rings is 1. The molecule has 0 saturated heterocycles. The molecule has 1 aromatic carbocycles. The van der Waals surface area contributed by atoms with E-state index >= 15 is 0 Å². The molecule has 1 aliphatic carbocycles. The zero-order valence-electron chi connectivity index (χ0n) is 17.2. The van der Waals surface area contributed by atoms with Crippen LogP contribution in [0.4, 0.5) is 5.88 Å². The summed E-state index contributed by atoms with van der Waals surface area (Å²) in [5.74, 6) is 1.46. The van der Waals surface area contributed by atoms with Crippen LogP contribution in [0.5, 0.6) is 11.5 Å². The fraction of sp³-hybridized carbons (Fsp3) is 0.545. The number of methoxy groups -OCH3 is 2. The number of nitrogens with zero attached hydrogens (tertiary/aromatic N) is 1. The molecule has 1 aliphatic rings. The topological polar surface area (TPSA) is 73.6 Å². The molecule has 0 radical (unpaired) electrons. The summed E-state index contributed by atoms with van der Waals surface area (Å²) in [6.07, 6.45) is 7.29. The van der Waals surface area contributed by atoms with E-state index in [0.29, 0.717) is 28.9 Å². The maximum absolute atomic E-state index is 12.8. The molecule has 0 bridgehead atoms. The molecule has 1 aromatic heterocycles. The maximum atomic E-state index is 12.8. The Hall–Kier alpha value is -2.50. The van der Waals surface area contributed by atoms with Crippen LogP contribution in [0.25, 0.3) is 0 Å².